The van der Waals surface area contributed by atoms with E-state index in [1.807, 2.05) is 6.92 Å². The SMILES string of the molecule is CCOc1ccc(NC(=O)COC(=O)c2cc(Cl)ccc2OC)cc1. The summed E-state index contributed by atoms with van der Waals surface area (Å²) < 4.78 is 15.4. The Morgan fingerprint density at radius 2 is 1.84 bits per heavy atom. The van der Waals surface area contributed by atoms with Crippen molar-refractivity contribution in [2.24, 2.45) is 0 Å². The molecule has 0 radical (unpaired) electrons. The van der Waals surface area contributed by atoms with E-state index in [9.17, 15) is 9.59 Å². The summed E-state index contributed by atoms with van der Waals surface area (Å²) in [5.74, 6) is -0.124. The molecule has 0 bridgehead atoms. The minimum atomic E-state index is -0.693. The summed E-state index contributed by atoms with van der Waals surface area (Å²) in [5, 5.41) is 3.00. The first-order chi connectivity index (χ1) is 12.0. The van der Waals surface area contributed by atoms with E-state index in [4.69, 9.17) is 25.8 Å². The first-order valence-corrected chi connectivity index (χ1v) is 7.94. The number of carbonyl (C=O) groups excluding carboxylic acids is 2. The van der Waals surface area contributed by atoms with Gasteiger partial charge in [0.25, 0.3) is 5.91 Å². The second-order valence-corrected chi connectivity index (χ2v) is 5.36. The fourth-order valence-corrected chi connectivity index (χ4v) is 2.22. The van der Waals surface area contributed by atoms with Gasteiger partial charge in [0.1, 0.15) is 17.1 Å². The maximum absolute atomic E-state index is 12.1. The molecular weight excluding hydrogens is 346 g/mol. The molecular formula is C18H18ClNO5. The monoisotopic (exact) mass is 363 g/mol. The van der Waals surface area contributed by atoms with Crippen molar-refractivity contribution in [3.8, 4) is 11.5 Å². The number of methoxy groups -OCH3 is 1. The fraction of sp³-hybridized carbons (Fsp3) is 0.222. The van der Waals surface area contributed by atoms with Crippen molar-refractivity contribution >= 4 is 29.2 Å². The van der Waals surface area contributed by atoms with E-state index in [2.05, 4.69) is 5.32 Å². The van der Waals surface area contributed by atoms with Crippen LogP contribution in [0.1, 0.15) is 17.3 Å². The summed E-state index contributed by atoms with van der Waals surface area (Å²) in [6, 6.07) is 11.4. The lowest BCUT2D eigenvalue weighted by Gasteiger charge is -2.10. The fourth-order valence-electron chi connectivity index (χ4n) is 2.05. The highest BCUT2D eigenvalue weighted by molar-refractivity contribution is 6.31. The van der Waals surface area contributed by atoms with Gasteiger partial charge in [-0.25, -0.2) is 4.79 Å². The molecule has 0 saturated carbocycles. The number of halogens is 1. The molecule has 0 aliphatic rings. The van der Waals surface area contributed by atoms with Gasteiger partial charge in [-0.1, -0.05) is 11.6 Å². The molecule has 0 atom stereocenters. The summed E-state index contributed by atoms with van der Waals surface area (Å²) in [5.41, 5.74) is 0.730. The van der Waals surface area contributed by atoms with Crippen LogP contribution in [0.2, 0.25) is 5.02 Å². The van der Waals surface area contributed by atoms with E-state index in [1.54, 1.807) is 36.4 Å². The highest BCUT2D eigenvalue weighted by Gasteiger charge is 2.16. The zero-order valence-electron chi connectivity index (χ0n) is 13.9. The van der Waals surface area contributed by atoms with Crippen LogP contribution >= 0.6 is 11.6 Å². The number of benzene rings is 2. The third-order valence-electron chi connectivity index (χ3n) is 3.16. The third kappa shape index (κ3) is 5.39. The maximum Gasteiger partial charge on any atom is 0.342 e. The van der Waals surface area contributed by atoms with Crippen molar-refractivity contribution in [1.29, 1.82) is 0 Å². The Morgan fingerprint density at radius 3 is 2.48 bits per heavy atom. The number of carbonyl (C=O) groups is 2. The summed E-state index contributed by atoms with van der Waals surface area (Å²) in [4.78, 5) is 24.0. The normalized spacial score (nSPS) is 10.0. The van der Waals surface area contributed by atoms with Crippen LogP contribution in [0.25, 0.3) is 0 Å². The van der Waals surface area contributed by atoms with Gasteiger partial charge in [-0.3, -0.25) is 4.79 Å². The largest absolute Gasteiger partial charge is 0.496 e. The molecule has 0 aliphatic heterocycles. The molecule has 132 valence electrons. The lowest BCUT2D eigenvalue weighted by molar-refractivity contribution is -0.119. The Morgan fingerprint density at radius 1 is 1.12 bits per heavy atom. The number of amides is 1. The summed E-state index contributed by atoms with van der Waals surface area (Å²) >= 11 is 5.87. The predicted octanol–water partition coefficient (Wildman–Crippen LogP) is 3.54. The van der Waals surface area contributed by atoms with Gasteiger partial charge < -0.3 is 19.5 Å². The Balaban J connectivity index is 1.91. The molecule has 0 spiro atoms. The van der Waals surface area contributed by atoms with Crippen LogP contribution in [-0.4, -0.2) is 32.2 Å². The minimum Gasteiger partial charge on any atom is -0.496 e. The quantitative estimate of drug-likeness (QED) is 0.761. The first kappa shape index (κ1) is 18.6. The highest BCUT2D eigenvalue weighted by Crippen LogP contribution is 2.23. The van der Waals surface area contributed by atoms with Gasteiger partial charge in [-0.2, -0.15) is 0 Å². The van der Waals surface area contributed by atoms with E-state index in [0.29, 0.717) is 28.8 Å². The number of nitrogens with one attached hydrogen (secondary N) is 1. The lowest BCUT2D eigenvalue weighted by Crippen LogP contribution is -2.21. The summed E-state index contributed by atoms with van der Waals surface area (Å²) in [6.45, 7) is 2.02. The van der Waals surface area contributed by atoms with Crippen molar-refractivity contribution in [3.05, 3.63) is 53.1 Å². The molecule has 7 heteroatoms. The predicted molar refractivity (Wildman–Crippen MR) is 94.5 cm³/mol. The average molecular weight is 364 g/mol. The molecule has 2 aromatic carbocycles. The molecule has 0 aliphatic carbocycles. The van der Waals surface area contributed by atoms with E-state index in [1.165, 1.54) is 13.2 Å². The van der Waals surface area contributed by atoms with Crippen LogP contribution in [-0.2, 0) is 9.53 Å². The minimum absolute atomic E-state index is 0.156. The van der Waals surface area contributed by atoms with Crippen molar-refractivity contribution in [3.63, 3.8) is 0 Å². The van der Waals surface area contributed by atoms with Gasteiger partial charge in [0, 0.05) is 10.7 Å². The molecule has 1 amide bonds. The molecule has 6 nitrogen and oxygen atoms in total. The molecule has 0 fully saturated rings. The van der Waals surface area contributed by atoms with Crippen molar-refractivity contribution < 1.29 is 23.8 Å². The topological polar surface area (TPSA) is 73.9 Å². The van der Waals surface area contributed by atoms with Crippen LogP contribution in [0, 0.1) is 0 Å². The molecule has 1 N–H and O–H groups in total. The van der Waals surface area contributed by atoms with E-state index in [-0.39, 0.29) is 5.56 Å². The van der Waals surface area contributed by atoms with Gasteiger partial charge in [0.05, 0.1) is 13.7 Å². The van der Waals surface area contributed by atoms with Crippen molar-refractivity contribution in [1.82, 2.24) is 0 Å². The zero-order chi connectivity index (χ0) is 18.2. The molecule has 0 heterocycles. The smallest absolute Gasteiger partial charge is 0.342 e. The number of anilines is 1. The number of hydrogen-bond donors (Lipinski definition) is 1. The second kappa shape index (κ2) is 8.94. The van der Waals surface area contributed by atoms with E-state index in [0.717, 1.165) is 0 Å². The van der Waals surface area contributed by atoms with Gasteiger partial charge in [-0.05, 0) is 49.4 Å². The molecule has 2 aromatic rings. The molecule has 0 aromatic heterocycles. The van der Waals surface area contributed by atoms with Crippen molar-refractivity contribution in [2.75, 3.05) is 25.6 Å². The van der Waals surface area contributed by atoms with Gasteiger partial charge in [-0.15, -0.1) is 0 Å². The van der Waals surface area contributed by atoms with Crippen LogP contribution < -0.4 is 14.8 Å². The van der Waals surface area contributed by atoms with Gasteiger partial charge in [0.2, 0.25) is 0 Å². The standard InChI is InChI=1S/C18H18ClNO5/c1-3-24-14-7-5-13(6-8-14)20-17(21)11-25-18(22)15-10-12(19)4-9-16(15)23-2/h4-10H,3,11H2,1-2H3,(H,20,21). The molecule has 0 saturated heterocycles. The Hall–Kier alpha value is -2.73. The van der Waals surface area contributed by atoms with E-state index >= 15 is 0 Å². The summed E-state index contributed by atoms with van der Waals surface area (Å²) in [6.07, 6.45) is 0. The number of hydrogen-bond acceptors (Lipinski definition) is 5. The molecule has 25 heavy (non-hydrogen) atoms. The number of rotatable bonds is 7. The summed E-state index contributed by atoms with van der Waals surface area (Å²) in [7, 11) is 1.43. The third-order valence-corrected chi connectivity index (χ3v) is 3.40. The zero-order valence-corrected chi connectivity index (χ0v) is 14.6. The van der Waals surface area contributed by atoms with Gasteiger partial charge in [0.15, 0.2) is 6.61 Å². The van der Waals surface area contributed by atoms with Crippen LogP contribution in [0.4, 0.5) is 5.69 Å². The first-order valence-electron chi connectivity index (χ1n) is 7.57. The Bertz CT molecular complexity index is 746. The number of ether oxygens (including phenoxy) is 3. The molecule has 2 rings (SSSR count). The van der Waals surface area contributed by atoms with Crippen LogP contribution in [0.15, 0.2) is 42.5 Å². The molecule has 0 unspecified atom stereocenters. The maximum atomic E-state index is 12.1. The average Bonchev–Trinajstić information content (AvgIpc) is 2.61. The highest BCUT2D eigenvalue weighted by atomic mass is 35.5. The Kier molecular flexibility index (Phi) is 6.65. The van der Waals surface area contributed by atoms with Crippen LogP contribution in [0.3, 0.4) is 0 Å². The lowest BCUT2D eigenvalue weighted by atomic mass is 10.2. The van der Waals surface area contributed by atoms with E-state index < -0.39 is 18.5 Å². The van der Waals surface area contributed by atoms with Crippen LogP contribution in [0.5, 0.6) is 11.5 Å². The van der Waals surface area contributed by atoms with Crippen molar-refractivity contribution in [2.45, 2.75) is 6.92 Å². The number of esters is 1. The second-order valence-electron chi connectivity index (χ2n) is 4.93. The van der Waals surface area contributed by atoms with Gasteiger partial charge >= 0.3 is 5.97 Å². The Labute approximate surface area is 150 Å².